The Morgan fingerprint density at radius 3 is 2.87 bits per heavy atom. The van der Waals surface area contributed by atoms with Crippen LogP contribution in [0.3, 0.4) is 0 Å². The summed E-state index contributed by atoms with van der Waals surface area (Å²) in [6.45, 7) is 0. The second-order valence-corrected chi connectivity index (χ2v) is 4.26. The quantitative estimate of drug-likeness (QED) is 0.822. The summed E-state index contributed by atoms with van der Waals surface area (Å²) in [4.78, 5) is 10.7. The lowest BCUT2D eigenvalue weighted by Gasteiger charge is -2.07. The van der Waals surface area contributed by atoms with E-state index in [1.165, 1.54) is 25.7 Å². The SMILES string of the molecule is Cn1cc(C2CCCC2)c(CC(=O)O)n1. The molecule has 1 aliphatic carbocycles. The molecule has 0 atom stereocenters. The van der Waals surface area contributed by atoms with Gasteiger partial charge in [0.15, 0.2) is 0 Å². The Hall–Kier alpha value is -1.32. The summed E-state index contributed by atoms with van der Waals surface area (Å²) >= 11 is 0. The number of rotatable bonds is 3. The highest BCUT2D eigenvalue weighted by Gasteiger charge is 2.23. The van der Waals surface area contributed by atoms with Crippen molar-refractivity contribution in [2.45, 2.75) is 38.0 Å². The molecule has 0 radical (unpaired) electrons. The minimum atomic E-state index is -0.798. The summed E-state index contributed by atoms with van der Waals surface area (Å²) in [6, 6.07) is 0. The van der Waals surface area contributed by atoms with Crippen molar-refractivity contribution in [2.24, 2.45) is 7.05 Å². The Morgan fingerprint density at radius 1 is 1.60 bits per heavy atom. The van der Waals surface area contributed by atoms with Gasteiger partial charge in [-0.25, -0.2) is 0 Å². The fourth-order valence-corrected chi connectivity index (χ4v) is 2.41. The lowest BCUT2D eigenvalue weighted by atomic mass is 9.97. The Bertz CT molecular complexity index is 365. The number of carboxylic acids is 1. The smallest absolute Gasteiger partial charge is 0.309 e. The molecule has 2 rings (SSSR count). The Labute approximate surface area is 88.9 Å². The van der Waals surface area contributed by atoms with Gasteiger partial charge in [0.2, 0.25) is 0 Å². The van der Waals surface area contributed by atoms with Crippen molar-refractivity contribution in [2.75, 3.05) is 0 Å². The first-order valence-electron chi connectivity index (χ1n) is 5.41. The summed E-state index contributed by atoms with van der Waals surface area (Å²) < 4.78 is 1.73. The first kappa shape index (κ1) is 10.2. The molecular weight excluding hydrogens is 192 g/mol. The van der Waals surface area contributed by atoms with Gasteiger partial charge in [-0.15, -0.1) is 0 Å². The van der Waals surface area contributed by atoms with Crippen molar-refractivity contribution in [1.29, 1.82) is 0 Å². The topological polar surface area (TPSA) is 55.1 Å². The highest BCUT2D eigenvalue weighted by atomic mass is 16.4. The number of hydrogen-bond acceptors (Lipinski definition) is 2. The highest BCUT2D eigenvalue weighted by Crippen LogP contribution is 2.35. The fraction of sp³-hybridized carbons (Fsp3) is 0.636. The van der Waals surface area contributed by atoms with E-state index in [1.807, 2.05) is 13.2 Å². The predicted octanol–water partition coefficient (Wildman–Crippen LogP) is 1.70. The van der Waals surface area contributed by atoms with Crippen LogP contribution in [0.15, 0.2) is 6.20 Å². The highest BCUT2D eigenvalue weighted by molar-refractivity contribution is 5.70. The first-order valence-corrected chi connectivity index (χ1v) is 5.41. The monoisotopic (exact) mass is 208 g/mol. The maximum atomic E-state index is 10.7. The average molecular weight is 208 g/mol. The van der Waals surface area contributed by atoms with Gasteiger partial charge in [-0.05, 0) is 24.3 Å². The van der Waals surface area contributed by atoms with Crippen molar-refractivity contribution >= 4 is 5.97 Å². The van der Waals surface area contributed by atoms with Gasteiger partial charge >= 0.3 is 5.97 Å². The Morgan fingerprint density at radius 2 is 2.27 bits per heavy atom. The molecule has 0 saturated heterocycles. The molecule has 0 aliphatic heterocycles. The summed E-state index contributed by atoms with van der Waals surface area (Å²) in [5.74, 6) is -0.263. The minimum absolute atomic E-state index is 0.0483. The summed E-state index contributed by atoms with van der Waals surface area (Å²) in [5.41, 5.74) is 1.90. The van der Waals surface area contributed by atoms with Gasteiger partial charge in [-0.2, -0.15) is 5.10 Å². The molecule has 15 heavy (non-hydrogen) atoms. The van der Waals surface area contributed by atoms with Crippen LogP contribution in [-0.4, -0.2) is 20.9 Å². The fourth-order valence-electron chi connectivity index (χ4n) is 2.41. The molecule has 0 unspecified atom stereocenters. The molecule has 0 aromatic carbocycles. The molecule has 1 aliphatic rings. The molecule has 4 nitrogen and oxygen atoms in total. The van der Waals surface area contributed by atoms with Crippen molar-refractivity contribution in [3.05, 3.63) is 17.5 Å². The zero-order chi connectivity index (χ0) is 10.8. The van der Waals surface area contributed by atoms with Gasteiger partial charge in [-0.3, -0.25) is 9.48 Å². The van der Waals surface area contributed by atoms with Gasteiger partial charge in [0.1, 0.15) is 0 Å². The lowest BCUT2D eigenvalue weighted by Crippen LogP contribution is -2.05. The molecule has 1 N–H and O–H groups in total. The molecule has 1 fully saturated rings. The Kier molecular flexibility index (Phi) is 2.75. The van der Waals surface area contributed by atoms with E-state index in [-0.39, 0.29) is 6.42 Å². The number of aromatic nitrogens is 2. The van der Waals surface area contributed by atoms with Crippen molar-refractivity contribution in [3.63, 3.8) is 0 Å². The molecule has 4 heteroatoms. The zero-order valence-electron chi connectivity index (χ0n) is 8.94. The molecule has 1 heterocycles. The number of aliphatic carboxylic acids is 1. The van der Waals surface area contributed by atoms with E-state index in [2.05, 4.69) is 5.10 Å². The summed E-state index contributed by atoms with van der Waals surface area (Å²) in [6.07, 6.45) is 6.90. The van der Waals surface area contributed by atoms with Crippen molar-refractivity contribution in [1.82, 2.24) is 9.78 Å². The third-order valence-electron chi connectivity index (χ3n) is 3.05. The largest absolute Gasteiger partial charge is 0.481 e. The summed E-state index contributed by atoms with van der Waals surface area (Å²) in [7, 11) is 1.85. The van der Waals surface area contributed by atoms with E-state index in [1.54, 1.807) is 4.68 Å². The van der Waals surface area contributed by atoms with E-state index >= 15 is 0 Å². The normalized spacial score (nSPS) is 17.1. The van der Waals surface area contributed by atoms with Gasteiger partial charge in [0.05, 0.1) is 12.1 Å². The predicted molar refractivity (Wildman–Crippen MR) is 55.8 cm³/mol. The van der Waals surface area contributed by atoms with Crippen LogP contribution in [-0.2, 0) is 18.3 Å². The van der Waals surface area contributed by atoms with Gasteiger partial charge in [0.25, 0.3) is 0 Å². The third kappa shape index (κ3) is 2.19. The number of aryl methyl sites for hydroxylation is 1. The molecule has 0 amide bonds. The van der Waals surface area contributed by atoms with E-state index in [9.17, 15) is 4.79 Å². The van der Waals surface area contributed by atoms with Crippen LogP contribution in [0.5, 0.6) is 0 Å². The molecule has 1 aromatic rings. The Balaban J connectivity index is 2.24. The molecule has 1 saturated carbocycles. The number of carbonyl (C=O) groups is 1. The van der Waals surface area contributed by atoms with E-state index in [0.717, 1.165) is 11.3 Å². The van der Waals surface area contributed by atoms with E-state index in [4.69, 9.17) is 5.11 Å². The molecule has 0 bridgehead atoms. The molecule has 0 spiro atoms. The van der Waals surface area contributed by atoms with Crippen molar-refractivity contribution in [3.8, 4) is 0 Å². The molecule has 1 aromatic heterocycles. The van der Waals surface area contributed by atoms with Crippen LogP contribution in [0.1, 0.15) is 42.9 Å². The van der Waals surface area contributed by atoms with Gasteiger partial charge in [0, 0.05) is 13.2 Å². The van der Waals surface area contributed by atoms with Crippen LogP contribution in [0.25, 0.3) is 0 Å². The second kappa shape index (κ2) is 4.04. The third-order valence-corrected chi connectivity index (χ3v) is 3.05. The van der Waals surface area contributed by atoms with E-state index in [0.29, 0.717) is 5.92 Å². The molecular formula is C11H16N2O2. The summed E-state index contributed by atoms with van der Waals surface area (Å²) in [5, 5.41) is 13.0. The van der Waals surface area contributed by atoms with Gasteiger partial charge < -0.3 is 5.11 Å². The maximum absolute atomic E-state index is 10.7. The lowest BCUT2D eigenvalue weighted by molar-refractivity contribution is -0.136. The first-order chi connectivity index (χ1) is 7.16. The van der Waals surface area contributed by atoms with Crippen LogP contribution in [0.2, 0.25) is 0 Å². The van der Waals surface area contributed by atoms with Crippen molar-refractivity contribution < 1.29 is 9.90 Å². The molecule has 82 valence electrons. The number of nitrogens with zero attached hydrogens (tertiary/aromatic N) is 2. The van der Waals surface area contributed by atoms with Gasteiger partial charge in [-0.1, -0.05) is 12.8 Å². The van der Waals surface area contributed by atoms with Crippen LogP contribution in [0, 0.1) is 0 Å². The second-order valence-electron chi connectivity index (χ2n) is 4.26. The number of carboxylic acid groups (broad SMARTS) is 1. The number of hydrogen-bond donors (Lipinski definition) is 1. The standard InChI is InChI=1S/C11H16N2O2/c1-13-7-9(8-4-2-3-5-8)10(12-13)6-11(14)15/h7-8H,2-6H2,1H3,(H,14,15). The van der Waals surface area contributed by atoms with Crippen LogP contribution in [0.4, 0.5) is 0 Å². The van der Waals surface area contributed by atoms with Crippen LogP contribution < -0.4 is 0 Å². The average Bonchev–Trinajstić information content (AvgIpc) is 2.72. The maximum Gasteiger partial charge on any atom is 0.309 e. The van der Waals surface area contributed by atoms with E-state index < -0.39 is 5.97 Å². The minimum Gasteiger partial charge on any atom is -0.481 e. The van der Waals surface area contributed by atoms with Crippen LogP contribution >= 0.6 is 0 Å². The zero-order valence-corrected chi connectivity index (χ0v) is 8.94.